The summed E-state index contributed by atoms with van der Waals surface area (Å²) in [5, 5.41) is 13.1. The van der Waals surface area contributed by atoms with Crippen molar-refractivity contribution in [1.29, 1.82) is 0 Å². The molecule has 128 valence electrons. The number of aliphatic hydroxyl groups is 1. The maximum Gasteiger partial charge on any atom is 0.237 e. The molecule has 6 heteroatoms. The van der Waals surface area contributed by atoms with Crippen LogP contribution in [0.15, 0.2) is 24.3 Å². The van der Waals surface area contributed by atoms with Gasteiger partial charge in [-0.25, -0.2) is 0 Å². The normalized spacial score (nSPS) is 19.3. The summed E-state index contributed by atoms with van der Waals surface area (Å²) in [4.78, 5) is 16.7. The Labute approximate surface area is 143 Å². The first-order valence-corrected chi connectivity index (χ1v) is 8.50. The number of carbonyl (C=O) groups is 1. The van der Waals surface area contributed by atoms with Crippen LogP contribution in [-0.4, -0.2) is 65.7 Å². The molecule has 1 fully saturated rings. The molecule has 0 radical (unpaired) electrons. The molecule has 0 unspecified atom stereocenters. The van der Waals surface area contributed by atoms with Gasteiger partial charge < -0.3 is 10.4 Å². The predicted molar refractivity (Wildman–Crippen MR) is 92.5 cm³/mol. The lowest BCUT2D eigenvalue weighted by molar-refractivity contribution is -0.126. The van der Waals surface area contributed by atoms with Crippen molar-refractivity contribution >= 4 is 17.5 Å². The Morgan fingerprint density at radius 3 is 2.39 bits per heavy atom. The van der Waals surface area contributed by atoms with Crippen molar-refractivity contribution in [3.63, 3.8) is 0 Å². The van der Waals surface area contributed by atoms with Crippen LogP contribution in [0.1, 0.15) is 19.4 Å². The van der Waals surface area contributed by atoms with Gasteiger partial charge in [-0.2, -0.15) is 0 Å². The number of carbonyl (C=O) groups excluding carboxylic acids is 1. The Balaban J connectivity index is 1.75. The van der Waals surface area contributed by atoms with Crippen molar-refractivity contribution in [2.45, 2.75) is 32.5 Å². The first-order chi connectivity index (χ1) is 11.0. The molecule has 1 heterocycles. The second-order valence-electron chi connectivity index (χ2n) is 6.21. The maximum atomic E-state index is 12.3. The zero-order valence-corrected chi connectivity index (χ0v) is 14.6. The molecule has 1 saturated heterocycles. The molecular weight excluding hydrogens is 314 g/mol. The number of amides is 1. The van der Waals surface area contributed by atoms with Gasteiger partial charge in [0.15, 0.2) is 0 Å². The van der Waals surface area contributed by atoms with Crippen LogP contribution in [0.5, 0.6) is 0 Å². The summed E-state index contributed by atoms with van der Waals surface area (Å²) >= 11 is 5.86. The molecule has 23 heavy (non-hydrogen) atoms. The van der Waals surface area contributed by atoms with E-state index in [4.69, 9.17) is 11.6 Å². The van der Waals surface area contributed by atoms with E-state index < -0.39 is 0 Å². The lowest BCUT2D eigenvalue weighted by Crippen LogP contribution is -2.54. The fourth-order valence-corrected chi connectivity index (χ4v) is 2.94. The lowest BCUT2D eigenvalue weighted by Gasteiger charge is -2.37. The third-order valence-electron chi connectivity index (χ3n) is 4.24. The molecule has 0 aromatic heterocycles. The number of rotatable bonds is 6. The number of halogens is 1. The van der Waals surface area contributed by atoms with Gasteiger partial charge in [0.1, 0.15) is 0 Å². The van der Waals surface area contributed by atoms with Gasteiger partial charge in [-0.3, -0.25) is 14.6 Å². The fraction of sp³-hybridized carbons (Fsp3) is 0.588. The Kier molecular flexibility index (Phi) is 6.84. The summed E-state index contributed by atoms with van der Waals surface area (Å²) in [6.45, 7) is 8.44. The number of nitrogens with zero attached hydrogens (tertiary/aromatic N) is 2. The Morgan fingerprint density at radius 1 is 1.22 bits per heavy atom. The third-order valence-corrected chi connectivity index (χ3v) is 4.49. The highest BCUT2D eigenvalue weighted by molar-refractivity contribution is 6.30. The smallest absolute Gasteiger partial charge is 0.237 e. The number of benzene rings is 1. The summed E-state index contributed by atoms with van der Waals surface area (Å²) in [5.74, 6) is 0.0453. The zero-order valence-electron chi connectivity index (χ0n) is 13.8. The Bertz CT molecular complexity index is 499. The highest BCUT2D eigenvalue weighted by Crippen LogP contribution is 2.10. The van der Waals surface area contributed by atoms with E-state index in [0.29, 0.717) is 18.1 Å². The van der Waals surface area contributed by atoms with E-state index in [-0.39, 0.29) is 18.1 Å². The highest BCUT2D eigenvalue weighted by Gasteiger charge is 2.25. The summed E-state index contributed by atoms with van der Waals surface area (Å²) in [5.41, 5.74) is 1.04. The topological polar surface area (TPSA) is 55.8 Å². The van der Waals surface area contributed by atoms with Gasteiger partial charge in [-0.15, -0.1) is 0 Å². The van der Waals surface area contributed by atoms with Crippen LogP contribution in [0.4, 0.5) is 0 Å². The van der Waals surface area contributed by atoms with E-state index in [1.54, 1.807) is 6.92 Å². The van der Waals surface area contributed by atoms with Crippen molar-refractivity contribution in [3.8, 4) is 0 Å². The van der Waals surface area contributed by atoms with Crippen molar-refractivity contribution in [2.75, 3.05) is 32.7 Å². The van der Waals surface area contributed by atoms with Crippen LogP contribution in [0, 0.1) is 0 Å². The standard InChI is InChI=1S/C17H26ClN3O2/c1-13(22)12-20-7-9-21(10-8-20)14(2)17(23)19-11-15-3-5-16(18)6-4-15/h3-6,13-14,22H,7-12H2,1-2H3,(H,19,23)/t13-,14-/m0/s1. The molecule has 0 saturated carbocycles. The summed E-state index contributed by atoms with van der Waals surface area (Å²) < 4.78 is 0. The second kappa shape index (κ2) is 8.64. The molecular formula is C17H26ClN3O2. The van der Waals surface area contributed by atoms with E-state index >= 15 is 0 Å². The molecule has 0 spiro atoms. The van der Waals surface area contributed by atoms with Crippen LogP contribution in [-0.2, 0) is 11.3 Å². The minimum Gasteiger partial charge on any atom is -0.392 e. The van der Waals surface area contributed by atoms with Crippen LogP contribution >= 0.6 is 11.6 Å². The van der Waals surface area contributed by atoms with Gasteiger partial charge in [0.25, 0.3) is 0 Å². The molecule has 0 aliphatic carbocycles. The summed E-state index contributed by atoms with van der Waals surface area (Å²) in [7, 11) is 0. The quantitative estimate of drug-likeness (QED) is 0.821. The van der Waals surface area contributed by atoms with Gasteiger partial charge in [0.05, 0.1) is 12.1 Å². The van der Waals surface area contributed by atoms with Crippen LogP contribution in [0.25, 0.3) is 0 Å². The third kappa shape index (κ3) is 5.77. The molecule has 2 atom stereocenters. The molecule has 1 amide bonds. The van der Waals surface area contributed by atoms with Gasteiger partial charge >= 0.3 is 0 Å². The Hall–Kier alpha value is -1.14. The number of aliphatic hydroxyl groups excluding tert-OH is 1. The number of hydrogen-bond acceptors (Lipinski definition) is 4. The average molecular weight is 340 g/mol. The number of piperazine rings is 1. The monoisotopic (exact) mass is 339 g/mol. The zero-order chi connectivity index (χ0) is 16.8. The van der Waals surface area contributed by atoms with E-state index in [1.165, 1.54) is 0 Å². The van der Waals surface area contributed by atoms with E-state index in [0.717, 1.165) is 31.7 Å². The number of nitrogens with one attached hydrogen (secondary N) is 1. The van der Waals surface area contributed by atoms with Gasteiger partial charge in [0.2, 0.25) is 5.91 Å². The Morgan fingerprint density at radius 2 is 1.83 bits per heavy atom. The van der Waals surface area contributed by atoms with Gasteiger partial charge in [0, 0.05) is 44.3 Å². The van der Waals surface area contributed by atoms with Crippen LogP contribution in [0.2, 0.25) is 5.02 Å². The highest BCUT2D eigenvalue weighted by atomic mass is 35.5. The van der Waals surface area contributed by atoms with Crippen molar-refractivity contribution in [2.24, 2.45) is 0 Å². The van der Waals surface area contributed by atoms with Crippen molar-refractivity contribution in [1.82, 2.24) is 15.1 Å². The molecule has 5 nitrogen and oxygen atoms in total. The van der Waals surface area contributed by atoms with Gasteiger partial charge in [-0.05, 0) is 31.5 Å². The maximum absolute atomic E-state index is 12.3. The predicted octanol–water partition coefficient (Wildman–Crippen LogP) is 1.34. The van der Waals surface area contributed by atoms with Crippen molar-refractivity contribution in [3.05, 3.63) is 34.9 Å². The minimum atomic E-state index is -0.304. The molecule has 0 bridgehead atoms. The molecule has 2 rings (SSSR count). The van der Waals surface area contributed by atoms with Gasteiger partial charge in [-0.1, -0.05) is 23.7 Å². The number of hydrogen-bond donors (Lipinski definition) is 2. The molecule has 2 N–H and O–H groups in total. The molecule has 1 aliphatic heterocycles. The number of β-amino-alcohol motifs (C(OH)–C–C–N with tert-alkyl or cyclic N) is 1. The van der Waals surface area contributed by atoms with Crippen LogP contribution < -0.4 is 5.32 Å². The summed E-state index contributed by atoms with van der Waals surface area (Å²) in [6, 6.07) is 7.35. The lowest BCUT2D eigenvalue weighted by atomic mass is 10.2. The van der Waals surface area contributed by atoms with Crippen molar-refractivity contribution < 1.29 is 9.90 Å². The van der Waals surface area contributed by atoms with Crippen LogP contribution in [0.3, 0.4) is 0 Å². The second-order valence-corrected chi connectivity index (χ2v) is 6.64. The fourth-order valence-electron chi connectivity index (χ4n) is 2.81. The largest absolute Gasteiger partial charge is 0.392 e. The van der Waals surface area contributed by atoms with E-state index in [2.05, 4.69) is 15.1 Å². The molecule has 1 aromatic carbocycles. The summed E-state index contributed by atoms with van der Waals surface area (Å²) in [6.07, 6.45) is -0.304. The first kappa shape index (κ1) is 18.2. The SMILES string of the molecule is C[C@H](O)CN1CCN([C@@H](C)C(=O)NCc2ccc(Cl)cc2)CC1. The first-order valence-electron chi connectivity index (χ1n) is 8.12. The van der Waals surface area contributed by atoms with E-state index in [9.17, 15) is 9.90 Å². The molecule has 1 aliphatic rings. The average Bonchev–Trinajstić information content (AvgIpc) is 2.53. The molecule has 1 aromatic rings. The van der Waals surface area contributed by atoms with E-state index in [1.807, 2.05) is 31.2 Å². The minimum absolute atomic E-state index is 0.0453.